The van der Waals surface area contributed by atoms with Gasteiger partial charge in [-0.05, 0) is 60.6 Å². The van der Waals surface area contributed by atoms with Crippen molar-refractivity contribution in [3.05, 3.63) is 23.5 Å². The monoisotopic (exact) mass is 391 g/mol. The second kappa shape index (κ2) is 8.49. The first-order valence-corrected chi connectivity index (χ1v) is 9.32. The van der Waals surface area contributed by atoms with Gasteiger partial charge in [-0.25, -0.2) is 18.6 Å². The van der Waals surface area contributed by atoms with Crippen molar-refractivity contribution < 1.29 is 22.9 Å². The quantitative estimate of drug-likeness (QED) is 0.723. The van der Waals surface area contributed by atoms with E-state index in [0.29, 0.717) is 0 Å². The first-order valence-electron chi connectivity index (χ1n) is 8.17. The summed E-state index contributed by atoms with van der Waals surface area (Å²) in [5.74, 6) is 0. The molecule has 26 heavy (non-hydrogen) atoms. The van der Waals surface area contributed by atoms with E-state index in [9.17, 15) is 18.1 Å². The van der Waals surface area contributed by atoms with Crippen LogP contribution in [0.1, 0.15) is 72.3 Å². The molecule has 6 nitrogen and oxygen atoms in total. The summed E-state index contributed by atoms with van der Waals surface area (Å²) < 4.78 is 45.8. The molecular formula is C17H27F2N3O3S. The molecule has 0 bridgehead atoms. The second-order valence-electron chi connectivity index (χ2n) is 7.82. The average Bonchev–Trinajstić information content (AvgIpc) is 2.43. The first kappa shape index (κ1) is 22.6. The van der Waals surface area contributed by atoms with Crippen LogP contribution >= 0.6 is 0 Å². The Morgan fingerprint density at radius 2 is 1.81 bits per heavy atom. The number of rotatable bonds is 5. The number of aromatic nitrogens is 1. The van der Waals surface area contributed by atoms with E-state index < -0.39 is 46.0 Å². The van der Waals surface area contributed by atoms with Crippen molar-refractivity contribution >= 4 is 23.1 Å². The maximum atomic E-state index is 13.0. The topological polar surface area (TPSA) is 86.3 Å². The highest BCUT2D eigenvalue weighted by molar-refractivity contribution is 7.90. The number of halogens is 2. The maximum absolute atomic E-state index is 13.0. The van der Waals surface area contributed by atoms with Crippen molar-refractivity contribution in [1.29, 1.82) is 0 Å². The molecule has 0 radical (unpaired) electrons. The molecule has 0 spiro atoms. The van der Waals surface area contributed by atoms with Gasteiger partial charge in [-0.2, -0.15) is 0 Å². The third-order valence-corrected chi connectivity index (χ3v) is 4.74. The standard InChI is InChI=1S/C17H27F2N3O3S/c1-10(22-26(24)17(5,6)7)13-11(8-9-12(20-13)14(18)19)21-15(23)25-16(2,3)4/h8-10,14,22H,1-7H3,(H,21,23)/t10-,26?/m1/s1. The fourth-order valence-corrected chi connectivity index (χ4v) is 2.64. The Balaban J connectivity index is 3.12. The number of hydrogen-bond acceptors (Lipinski definition) is 5. The number of pyridine rings is 1. The van der Waals surface area contributed by atoms with Gasteiger partial charge in [-0.15, -0.1) is 4.72 Å². The lowest BCUT2D eigenvalue weighted by molar-refractivity contribution is 0.0635. The smallest absolute Gasteiger partial charge is 0.412 e. The Hall–Kier alpha value is -1.45. The highest BCUT2D eigenvalue weighted by atomic mass is 32.2. The number of anilines is 1. The molecule has 1 aromatic rings. The summed E-state index contributed by atoms with van der Waals surface area (Å²) in [6, 6.07) is 1.83. The lowest BCUT2D eigenvalue weighted by atomic mass is 10.1. The van der Waals surface area contributed by atoms with E-state index in [-0.39, 0.29) is 11.4 Å². The summed E-state index contributed by atoms with van der Waals surface area (Å²) >= 11 is -1.44. The fourth-order valence-electron chi connectivity index (χ4n) is 1.85. The van der Waals surface area contributed by atoms with Crippen LogP contribution in [0.4, 0.5) is 19.3 Å². The summed E-state index contributed by atoms with van der Waals surface area (Å²) in [6.07, 6.45) is -3.49. The van der Waals surface area contributed by atoms with Crippen molar-refractivity contribution in [2.45, 2.75) is 71.3 Å². The lowest BCUT2D eigenvalue weighted by Gasteiger charge is -2.27. The van der Waals surface area contributed by atoms with E-state index in [1.54, 1.807) is 48.5 Å². The highest BCUT2D eigenvalue weighted by Crippen LogP contribution is 2.27. The van der Waals surface area contributed by atoms with Gasteiger partial charge in [0.2, 0.25) is 0 Å². The van der Waals surface area contributed by atoms with Gasteiger partial charge in [0.1, 0.15) is 16.0 Å². The first-order chi connectivity index (χ1) is 11.7. The second-order valence-corrected chi connectivity index (χ2v) is 9.82. The molecule has 1 unspecified atom stereocenters. The van der Waals surface area contributed by atoms with Gasteiger partial charge in [0.15, 0.2) is 0 Å². The van der Waals surface area contributed by atoms with Gasteiger partial charge in [0, 0.05) is 11.4 Å². The molecule has 2 N–H and O–H groups in total. The normalized spacial score (nSPS) is 14.9. The molecule has 2 atom stereocenters. The van der Waals surface area contributed by atoms with Crippen LogP contribution in [0.3, 0.4) is 0 Å². The minimum absolute atomic E-state index is 0.159. The van der Waals surface area contributed by atoms with Crippen LogP contribution in [0.15, 0.2) is 12.1 Å². The summed E-state index contributed by atoms with van der Waals surface area (Å²) in [7, 11) is 0. The minimum atomic E-state index is -2.76. The lowest BCUT2D eigenvalue weighted by Crippen LogP contribution is -2.41. The molecular weight excluding hydrogens is 364 g/mol. The molecule has 1 aromatic heterocycles. The minimum Gasteiger partial charge on any atom is -0.598 e. The van der Waals surface area contributed by atoms with Crippen LogP contribution in [0.2, 0.25) is 0 Å². The summed E-state index contributed by atoms with van der Waals surface area (Å²) in [6.45, 7) is 12.1. The van der Waals surface area contributed by atoms with Crippen molar-refractivity contribution in [3.8, 4) is 0 Å². The number of hydrogen-bond donors (Lipinski definition) is 2. The molecule has 0 saturated heterocycles. The van der Waals surface area contributed by atoms with E-state index in [2.05, 4.69) is 15.0 Å². The Kier molecular flexibility index (Phi) is 7.38. The zero-order valence-electron chi connectivity index (χ0n) is 16.1. The van der Waals surface area contributed by atoms with Crippen molar-refractivity contribution in [2.24, 2.45) is 0 Å². The maximum Gasteiger partial charge on any atom is 0.412 e. The van der Waals surface area contributed by atoms with Crippen molar-refractivity contribution in [1.82, 2.24) is 9.71 Å². The van der Waals surface area contributed by atoms with Gasteiger partial charge in [-0.1, -0.05) is 0 Å². The fraction of sp³-hybridized carbons (Fsp3) is 0.647. The Morgan fingerprint density at radius 3 is 2.27 bits per heavy atom. The van der Waals surface area contributed by atoms with Crippen molar-refractivity contribution in [3.63, 3.8) is 0 Å². The SMILES string of the molecule is C[C@@H](N[S+]([O-])C(C)(C)C)c1nc(C(F)F)ccc1NC(=O)OC(C)(C)C. The molecule has 0 fully saturated rings. The Bertz CT molecular complexity index is 631. The highest BCUT2D eigenvalue weighted by Gasteiger charge is 2.30. The molecule has 0 aliphatic rings. The number of alkyl halides is 2. The number of nitrogens with one attached hydrogen (secondary N) is 2. The van der Waals surface area contributed by atoms with E-state index in [0.717, 1.165) is 6.07 Å². The number of ether oxygens (including phenoxy) is 1. The van der Waals surface area contributed by atoms with Crippen LogP contribution in [-0.2, 0) is 16.1 Å². The van der Waals surface area contributed by atoms with E-state index >= 15 is 0 Å². The van der Waals surface area contributed by atoms with Gasteiger partial charge in [-0.3, -0.25) is 5.32 Å². The molecule has 0 aromatic carbocycles. The van der Waals surface area contributed by atoms with E-state index in [1.165, 1.54) is 6.07 Å². The molecule has 0 saturated carbocycles. The number of carbonyl (C=O) groups excluding carboxylic acids is 1. The number of amides is 1. The molecule has 0 aliphatic carbocycles. The number of nitrogens with zero attached hydrogens (tertiary/aromatic N) is 1. The largest absolute Gasteiger partial charge is 0.598 e. The van der Waals surface area contributed by atoms with Gasteiger partial charge in [0.05, 0.1) is 17.4 Å². The van der Waals surface area contributed by atoms with E-state index in [4.69, 9.17) is 4.74 Å². The molecule has 1 heterocycles. The van der Waals surface area contributed by atoms with Crippen LogP contribution in [0.25, 0.3) is 0 Å². The van der Waals surface area contributed by atoms with Crippen LogP contribution in [0, 0.1) is 0 Å². The molecule has 1 amide bonds. The third-order valence-electron chi connectivity index (χ3n) is 3.06. The Labute approximate surface area is 156 Å². The third kappa shape index (κ3) is 7.05. The predicted octanol–water partition coefficient (Wildman–Crippen LogP) is 4.48. The summed E-state index contributed by atoms with van der Waals surface area (Å²) in [5.41, 5.74) is -0.760. The zero-order chi connectivity index (χ0) is 20.3. The van der Waals surface area contributed by atoms with E-state index in [1.807, 2.05) is 0 Å². The van der Waals surface area contributed by atoms with Crippen LogP contribution < -0.4 is 10.0 Å². The molecule has 0 aliphatic heterocycles. The molecule has 1 rings (SSSR count). The summed E-state index contributed by atoms with van der Waals surface area (Å²) in [4.78, 5) is 16.0. The van der Waals surface area contributed by atoms with Gasteiger partial charge < -0.3 is 9.29 Å². The molecule has 148 valence electrons. The van der Waals surface area contributed by atoms with Crippen LogP contribution in [0.5, 0.6) is 0 Å². The predicted molar refractivity (Wildman–Crippen MR) is 98.5 cm³/mol. The van der Waals surface area contributed by atoms with Crippen molar-refractivity contribution in [2.75, 3.05) is 5.32 Å². The van der Waals surface area contributed by atoms with Gasteiger partial charge in [0.25, 0.3) is 6.43 Å². The zero-order valence-corrected chi connectivity index (χ0v) is 17.0. The van der Waals surface area contributed by atoms with Crippen LogP contribution in [-0.4, -0.2) is 26.0 Å². The average molecular weight is 391 g/mol. The number of carbonyl (C=O) groups is 1. The summed E-state index contributed by atoms with van der Waals surface area (Å²) in [5, 5.41) is 2.52. The van der Waals surface area contributed by atoms with Gasteiger partial charge >= 0.3 is 6.09 Å². The molecule has 9 heteroatoms. The Morgan fingerprint density at radius 1 is 1.23 bits per heavy atom.